The minimum absolute atomic E-state index is 0.218. The second kappa shape index (κ2) is 10.6. The number of hydrogen-bond acceptors (Lipinski definition) is 7. The van der Waals surface area contributed by atoms with E-state index in [2.05, 4.69) is 9.74 Å². The van der Waals surface area contributed by atoms with Crippen molar-refractivity contribution in [1.29, 1.82) is 0 Å². The topological polar surface area (TPSA) is 156 Å². The lowest BCUT2D eigenvalue weighted by atomic mass is 10.1. The van der Waals surface area contributed by atoms with E-state index < -0.39 is 17.0 Å². The van der Waals surface area contributed by atoms with E-state index in [-0.39, 0.29) is 6.10 Å². The maximum atomic E-state index is 10.0. The molecule has 1 aliphatic rings. The molecular weight excluding hydrogens is 286 g/mol. The van der Waals surface area contributed by atoms with Gasteiger partial charge >= 0.3 is 11.9 Å². The Morgan fingerprint density at radius 3 is 2.10 bits per heavy atom. The van der Waals surface area contributed by atoms with E-state index in [0.29, 0.717) is 18.7 Å². The summed E-state index contributed by atoms with van der Waals surface area (Å²) < 4.78 is 0. The number of likely N-dealkylation sites (tertiary alicyclic amines) is 1. The molecule has 0 saturated carbocycles. The van der Waals surface area contributed by atoms with E-state index in [4.69, 9.17) is 15.9 Å². The van der Waals surface area contributed by atoms with Gasteiger partial charge in [0, 0.05) is 38.3 Å². The Bertz CT molecular complexity index is 362. The quantitative estimate of drug-likeness (QED) is 0.329. The number of carboxylic acid groups (broad SMARTS) is 2. The lowest BCUT2D eigenvalue weighted by Gasteiger charge is -2.30. The number of nitrogens with zero attached hydrogens (tertiary/aromatic N) is 2. The van der Waals surface area contributed by atoms with Gasteiger partial charge in [-0.2, -0.15) is 0 Å². The normalized spacial score (nSPS) is 16.0. The highest BCUT2D eigenvalue weighted by Crippen LogP contribution is 2.12. The minimum Gasteiger partial charge on any atom is -0.478 e. The van der Waals surface area contributed by atoms with Crippen LogP contribution < -0.4 is 5.73 Å². The molecule has 0 aromatic heterocycles. The molecule has 120 valence electrons. The largest absolute Gasteiger partial charge is 0.478 e. The van der Waals surface area contributed by atoms with Crippen LogP contribution >= 0.6 is 0 Å². The van der Waals surface area contributed by atoms with Crippen LogP contribution in [-0.2, 0) is 14.4 Å². The number of piperidine rings is 1. The lowest BCUT2D eigenvalue weighted by molar-refractivity contribution is -0.769. The first-order valence-corrected chi connectivity index (χ1v) is 6.22. The summed E-state index contributed by atoms with van der Waals surface area (Å²) in [5.74, 6) is -2.51. The van der Waals surface area contributed by atoms with Gasteiger partial charge in [0.2, 0.25) is 0 Å². The molecule has 10 nitrogen and oxygen atoms in total. The van der Waals surface area contributed by atoms with Gasteiger partial charge in [-0.1, -0.05) is 0 Å². The number of rotatable bonds is 6. The van der Waals surface area contributed by atoms with Gasteiger partial charge in [-0.25, -0.2) is 9.59 Å². The molecule has 21 heavy (non-hydrogen) atoms. The second-order valence-corrected chi connectivity index (χ2v) is 4.17. The third-order valence-electron chi connectivity index (χ3n) is 2.58. The molecule has 4 N–H and O–H groups in total. The van der Waals surface area contributed by atoms with E-state index in [9.17, 15) is 19.7 Å². The molecule has 0 unspecified atom stereocenters. The predicted molar refractivity (Wildman–Crippen MR) is 71.0 cm³/mol. The van der Waals surface area contributed by atoms with Crippen LogP contribution in [0.25, 0.3) is 0 Å². The summed E-state index contributed by atoms with van der Waals surface area (Å²) in [5, 5.41) is 24.9. The van der Waals surface area contributed by atoms with E-state index in [0.717, 1.165) is 32.5 Å². The van der Waals surface area contributed by atoms with E-state index in [1.54, 1.807) is 0 Å². The first-order valence-electron chi connectivity index (χ1n) is 6.22. The van der Waals surface area contributed by atoms with Crippen molar-refractivity contribution in [3.05, 3.63) is 22.3 Å². The Labute approximate surface area is 120 Å². The molecule has 1 aliphatic heterocycles. The van der Waals surface area contributed by atoms with Crippen LogP contribution in [0, 0.1) is 10.1 Å². The van der Waals surface area contributed by atoms with Crippen molar-refractivity contribution >= 4 is 11.9 Å². The van der Waals surface area contributed by atoms with Crippen LogP contribution in [0.1, 0.15) is 12.8 Å². The summed E-state index contributed by atoms with van der Waals surface area (Å²) in [5.41, 5.74) is 5.39. The number of nitrogens with two attached hydrogens (primary N) is 1. The fraction of sp³-hybridized carbons (Fsp3) is 0.636. The first kappa shape index (κ1) is 18.8. The smallest absolute Gasteiger partial charge is 0.328 e. The highest BCUT2D eigenvalue weighted by atomic mass is 17.0. The Balaban J connectivity index is 0.000000433. The number of hydrogen-bond donors (Lipinski definition) is 3. The number of carbonyl (C=O) groups is 2. The molecule has 0 bridgehead atoms. The predicted octanol–water partition coefficient (Wildman–Crippen LogP) is -0.670. The number of aliphatic carboxylic acids is 2. The van der Waals surface area contributed by atoms with E-state index >= 15 is 0 Å². The summed E-state index contributed by atoms with van der Waals surface area (Å²) >= 11 is 0. The van der Waals surface area contributed by atoms with Crippen LogP contribution in [0.3, 0.4) is 0 Å². The molecule has 0 atom stereocenters. The maximum absolute atomic E-state index is 10.0. The molecule has 0 radical (unpaired) electrons. The molecule has 0 aromatic carbocycles. The van der Waals surface area contributed by atoms with Crippen molar-refractivity contribution in [1.82, 2.24) is 4.90 Å². The molecule has 10 heteroatoms. The monoisotopic (exact) mass is 305 g/mol. The van der Waals surface area contributed by atoms with Gasteiger partial charge in [-0.05, 0) is 12.8 Å². The molecule has 0 aromatic rings. The highest BCUT2D eigenvalue weighted by Gasteiger charge is 2.20. The third-order valence-corrected chi connectivity index (χ3v) is 2.58. The summed E-state index contributed by atoms with van der Waals surface area (Å²) in [4.78, 5) is 35.8. The third kappa shape index (κ3) is 11.3. The second-order valence-electron chi connectivity index (χ2n) is 4.17. The zero-order valence-corrected chi connectivity index (χ0v) is 11.4. The van der Waals surface area contributed by atoms with Crippen molar-refractivity contribution in [2.75, 3.05) is 26.2 Å². The molecule has 1 heterocycles. The zero-order chi connectivity index (χ0) is 16.3. The van der Waals surface area contributed by atoms with Gasteiger partial charge < -0.3 is 25.7 Å². The standard InChI is InChI=1S/C7H15N3O3.C4H4O4/c8-3-6-9-4-1-7(2-5-9)13-10(11)12;5-3(6)1-2-4(7)8/h7H,1-6,8H2;1-2H,(H,5,6)(H,7,8)/b;2-1+. The Hall–Kier alpha value is -2.20. The van der Waals surface area contributed by atoms with Crippen LogP contribution in [0.5, 0.6) is 0 Å². The zero-order valence-electron chi connectivity index (χ0n) is 11.4. The van der Waals surface area contributed by atoms with Gasteiger partial charge in [0.1, 0.15) is 6.10 Å². The maximum Gasteiger partial charge on any atom is 0.328 e. The summed E-state index contributed by atoms with van der Waals surface area (Å²) in [7, 11) is 0. The SMILES string of the molecule is NCCN1CCC(O[N+](=O)[O-])CC1.O=C(O)/C=C/C(=O)O. The minimum atomic E-state index is -1.26. The summed E-state index contributed by atoms with van der Waals surface area (Å²) in [6.07, 6.45) is 2.34. The van der Waals surface area contributed by atoms with Crippen LogP contribution in [0.15, 0.2) is 12.2 Å². The molecule has 1 fully saturated rings. The highest BCUT2D eigenvalue weighted by molar-refractivity contribution is 5.89. The average Bonchev–Trinajstić information content (AvgIpc) is 2.39. The number of carboxylic acids is 2. The Morgan fingerprint density at radius 1 is 1.29 bits per heavy atom. The van der Waals surface area contributed by atoms with Crippen LogP contribution in [0.2, 0.25) is 0 Å². The van der Waals surface area contributed by atoms with Crippen molar-refractivity contribution in [3.63, 3.8) is 0 Å². The van der Waals surface area contributed by atoms with Crippen LogP contribution in [0.4, 0.5) is 0 Å². The molecule has 0 aliphatic carbocycles. The lowest BCUT2D eigenvalue weighted by Crippen LogP contribution is -2.40. The molecule has 0 spiro atoms. The first-order chi connectivity index (χ1) is 9.85. The average molecular weight is 305 g/mol. The molecule has 0 amide bonds. The van der Waals surface area contributed by atoms with Gasteiger partial charge in [0.25, 0.3) is 5.09 Å². The summed E-state index contributed by atoms with van der Waals surface area (Å²) in [6.45, 7) is 3.19. The molecule has 1 saturated heterocycles. The summed E-state index contributed by atoms with van der Waals surface area (Å²) in [6, 6.07) is 0. The fourth-order valence-corrected chi connectivity index (χ4v) is 1.69. The Morgan fingerprint density at radius 2 is 1.76 bits per heavy atom. The van der Waals surface area contributed by atoms with Crippen molar-refractivity contribution in [3.8, 4) is 0 Å². The van der Waals surface area contributed by atoms with Gasteiger partial charge in [-0.3, -0.25) is 0 Å². The molecule has 1 rings (SSSR count). The van der Waals surface area contributed by atoms with Gasteiger partial charge in [-0.15, -0.1) is 10.1 Å². The van der Waals surface area contributed by atoms with Gasteiger partial charge in [0.15, 0.2) is 0 Å². The van der Waals surface area contributed by atoms with Crippen LogP contribution in [-0.4, -0.2) is 64.4 Å². The van der Waals surface area contributed by atoms with E-state index in [1.807, 2.05) is 0 Å². The van der Waals surface area contributed by atoms with Crippen molar-refractivity contribution in [2.24, 2.45) is 5.73 Å². The van der Waals surface area contributed by atoms with E-state index in [1.165, 1.54) is 0 Å². The fourth-order valence-electron chi connectivity index (χ4n) is 1.69. The van der Waals surface area contributed by atoms with Gasteiger partial charge in [0.05, 0.1) is 0 Å². The molecular formula is C11H19N3O7. The van der Waals surface area contributed by atoms with Crippen molar-refractivity contribution in [2.45, 2.75) is 18.9 Å². The Kier molecular flexibility index (Phi) is 9.46. The van der Waals surface area contributed by atoms with Crippen molar-refractivity contribution < 1.29 is 29.7 Å².